The molecule has 5 nitrogen and oxygen atoms in total. The van der Waals surface area contributed by atoms with Crippen LogP contribution >= 0.6 is 11.8 Å². The Morgan fingerprint density at radius 1 is 1.08 bits per heavy atom. The summed E-state index contributed by atoms with van der Waals surface area (Å²) in [5.74, 6) is 0. The van der Waals surface area contributed by atoms with Gasteiger partial charge in [-0.3, -0.25) is 14.9 Å². The lowest BCUT2D eigenvalue weighted by molar-refractivity contribution is -0.384. The van der Waals surface area contributed by atoms with E-state index in [1.807, 2.05) is 19.1 Å². The predicted molar refractivity (Wildman–Crippen MR) is 103 cm³/mol. The zero-order valence-electron chi connectivity index (χ0n) is 15.0. The van der Waals surface area contributed by atoms with Gasteiger partial charge in [-0.15, -0.1) is 0 Å². The summed E-state index contributed by atoms with van der Waals surface area (Å²) >= 11 is 1.09. The van der Waals surface area contributed by atoms with Gasteiger partial charge in [0.25, 0.3) is 10.9 Å². The topological polar surface area (TPSA) is 72.2 Å². The van der Waals surface area contributed by atoms with Crippen molar-refractivity contribution in [3.8, 4) is 0 Å². The Kier molecular flexibility index (Phi) is 5.52. The van der Waals surface area contributed by atoms with Crippen LogP contribution in [0.2, 0.25) is 0 Å². The van der Waals surface area contributed by atoms with Crippen LogP contribution in [0.5, 0.6) is 0 Å². The minimum absolute atomic E-state index is 0.0448. The van der Waals surface area contributed by atoms with Gasteiger partial charge in [0.15, 0.2) is 0 Å². The van der Waals surface area contributed by atoms with Crippen molar-refractivity contribution in [2.75, 3.05) is 5.32 Å². The summed E-state index contributed by atoms with van der Waals surface area (Å²) in [5.41, 5.74) is 3.48. The van der Waals surface area contributed by atoms with Crippen LogP contribution in [0.1, 0.15) is 37.5 Å². The number of benzene rings is 2. The van der Waals surface area contributed by atoms with Gasteiger partial charge in [0.05, 0.1) is 10.6 Å². The van der Waals surface area contributed by atoms with E-state index in [4.69, 9.17) is 0 Å². The molecule has 0 spiro atoms. The third kappa shape index (κ3) is 4.82. The van der Waals surface area contributed by atoms with E-state index in [0.717, 1.165) is 27.8 Å². The molecular weight excluding hydrogens is 336 g/mol. The number of hydrogen-bond donors (Lipinski definition) is 1. The van der Waals surface area contributed by atoms with Crippen LogP contribution in [-0.2, 0) is 5.41 Å². The molecule has 0 saturated carbocycles. The maximum absolute atomic E-state index is 12.3. The Balaban J connectivity index is 2.16. The highest BCUT2D eigenvalue weighted by molar-refractivity contribution is 8.14. The van der Waals surface area contributed by atoms with E-state index in [1.165, 1.54) is 17.7 Å². The third-order valence-corrected chi connectivity index (χ3v) is 4.88. The standard InChI is InChI=1S/C19H22N2O3S/c1-12-6-8-15(21(23)24)11-16(12)20-18(22)25-17-9-7-14(10-13(17)2)19(3,4)5/h6-11H,1-5H3,(H,20,22). The highest BCUT2D eigenvalue weighted by Crippen LogP contribution is 2.30. The minimum atomic E-state index is -0.475. The first-order valence-electron chi connectivity index (χ1n) is 7.93. The number of nitrogens with one attached hydrogen (secondary N) is 1. The number of non-ortho nitro benzene ring substituents is 1. The molecule has 2 rings (SSSR count). The summed E-state index contributed by atoms with van der Waals surface area (Å²) in [6.07, 6.45) is 0. The normalized spacial score (nSPS) is 11.2. The summed E-state index contributed by atoms with van der Waals surface area (Å²) in [4.78, 5) is 23.6. The van der Waals surface area contributed by atoms with E-state index in [0.29, 0.717) is 5.69 Å². The number of carbonyl (C=O) groups excluding carboxylic acids is 1. The Hall–Kier alpha value is -2.34. The van der Waals surface area contributed by atoms with Crippen molar-refractivity contribution < 1.29 is 9.72 Å². The molecule has 0 aliphatic heterocycles. The van der Waals surface area contributed by atoms with Crippen molar-refractivity contribution in [2.45, 2.75) is 44.9 Å². The molecule has 0 bridgehead atoms. The Morgan fingerprint density at radius 3 is 2.32 bits per heavy atom. The Morgan fingerprint density at radius 2 is 1.76 bits per heavy atom. The van der Waals surface area contributed by atoms with E-state index in [1.54, 1.807) is 13.0 Å². The number of amides is 1. The molecule has 25 heavy (non-hydrogen) atoms. The van der Waals surface area contributed by atoms with Crippen LogP contribution in [0.3, 0.4) is 0 Å². The summed E-state index contributed by atoms with van der Waals surface area (Å²) in [5, 5.41) is 13.4. The van der Waals surface area contributed by atoms with Crippen LogP contribution in [0.4, 0.5) is 16.2 Å². The molecule has 1 amide bonds. The molecule has 0 fully saturated rings. The van der Waals surface area contributed by atoms with Gasteiger partial charge < -0.3 is 5.32 Å². The molecular formula is C19H22N2O3S. The molecule has 1 N–H and O–H groups in total. The number of thioether (sulfide) groups is 1. The fourth-order valence-corrected chi connectivity index (χ4v) is 3.04. The van der Waals surface area contributed by atoms with Gasteiger partial charge in [0.1, 0.15) is 0 Å². The second kappa shape index (κ2) is 7.27. The molecule has 132 valence electrons. The molecule has 0 radical (unpaired) electrons. The Bertz CT molecular complexity index is 826. The lowest BCUT2D eigenvalue weighted by atomic mass is 9.86. The van der Waals surface area contributed by atoms with Gasteiger partial charge in [-0.05, 0) is 53.8 Å². The molecule has 0 atom stereocenters. The zero-order valence-corrected chi connectivity index (χ0v) is 15.9. The molecule has 6 heteroatoms. The molecule has 0 saturated heterocycles. The highest BCUT2D eigenvalue weighted by Gasteiger charge is 2.16. The monoisotopic (exact) mass is 358 g/mol. The summed E-state index contributed by atoms with van der Waals surface area (Å²) in [6, 6.07) is 10.5. The van der Waals surface area contributed by atoms with E-state index in [2.05, 4.69) is 32.2 Å². The van der Waals surface area contributed by atoms with Crippen molar-refractivity contribution >= 4 is 28.4 Å². The van der Waals surface area contributed by atoms with Crippen LogP contribution in [0.25, 0.3) is 0 Å². The van der Waals surface area contributed by atoms with Crippen molar-refractivity contribution in [1.29, 1.82) is 0 Å². The second-order valence-electron chi connectivity index (χ2n) is 7.00. The van der Waals surface area contributed by atoms with Crippen molar-refractivity contribution in [1.82, 2.24) is 0 Å². The maximum Gasteiger partial charge on any atom is 0.288 e. The van der Waals surface area contributed by atoms with Crippen LogP contribution in [0, 0.1) is 24.0 Å². The number of aryl methyl sites for hydroxylation is 2. The molecule has 0 aliphatic rings. The Labute approximate surface area is 152 Å². The molecule has 0 heterocycles. The van der Waals surface area contributed by atoms with Crippen molar-refractivity contribution in [3.63, 3.8) is 0 Å². The molecule has 0 aliphatic carbocycles. The van der Waals surface area contributed by atoms with Gasteiger partial charge in [-0.1, -0.05) is 39.0 Å². The smallest absolute Gasteiger partial charge is 0.288 e. The fourth-order valence-electron chi connectivity index (χ4n) is 2.32. The quantitative estimate of drug-likeness (QED) is 0.425. The van der Waals surface area contributed by atoms with E-state index in [-0.39, 0.29) is 16.3 Å². The van der Waals surface area contributed by atoms with E-state index in [9.17, 15) is 14.9 Å². The first-order valence-corrected chi connectivity index (χ1v) is 8.74. The van der Waals surface area contributed by atoms with E-state index < -0.39 is 4.92 Å². The zero-order chi connectivity index (χ0) is 18.8. The second-order valence-corrected chi connectivity index (χ2v) is 8.02. The number of hydrogen-bond acceptors (Lipinski definition) is 4. The van der Waals surface area contributed by atoms with Crippen LogP contribution in [0.15, 0.2) is 41.3 Å². The summed E-state index contributed by atoms with van der Waals surface area (Å²) < 4.78 is 0. The van der Waals surface area contributed by atoms with Crippen molar-refractivity contribution in [2.24, 2.45) is 0 Å². The van der Waals surface area contributed by atoms with Gasteiger partial charge in [-0.2, -0.15) is 0 Å². The number of anilines is 1. The fraction of sp³-hybridized carbons (Fsp3) is 0.316. The minimum Gasteiger partial charge on any atom is -0.316 e. The first kappa shape index (κ1) is 19.0. The first-order chi connectivity index (χ1) is 11.6. The van der Waals surface area contributed by atoms with Gasteiger partial charge in [0.2, 0.25) is 0 Å². The third-order valence-electron chi connectivity index (χ3n) is 3.91. The maximum atomic E-state index is 12.3. The molecule has 0 aromatic heterocycles. The van der Waals surface area contributed by atoms with Gasteiger partial charge >= 0.3 is 0 Å². The average molecular weight is 358 g/mol. The van der Waals surface area contributed by atoms with Crippen LogP contribution in [-0.4, -0.2) is 10.2 Å². The molecule has 2 aromatic carbocycles. The average Bonchev–Trinajstić information content (AvgIpc) is 2.50. The SMILES string of the molecule is Cc1ccc([N+](=O)[O-])cc1NC(=O)Sc1ccc(C(C)(C)C)cc1C. The number of rotatable bonds is 3. The molecule has 2 aromatic rings. The van der Waals surface area contributed by atoms with Gasteiger partial charge in [-0.25, -0.2) is 0 Å². The summed E-state index contributed by atoms with van der Waals surface area (Å²) in [7, 11) is 0. The predicted octanol–water partition coefficient (Wildman–Crippen LogP) is 5.83. The highest BCUT2D eigenvalue weighted by atomic mass is 32.2. The summed E-state index contributed by atoms with van der Waals surface area (Å²) in [6.45, 7) is 10.2. The van der Waals surface area contributed by atoms with Crippen molar-refractivity contribution in [3.05, 3.63) is 63.2 Å². The lowest BCUT2D eigenvalue weighted by Crippen LogP contribution is -2.11. The number of nitrogens with zero attached hydrogens (tertiary/aromatic N) is 1. The van der Waals surface area contributed by atoms with E-state index >= 15 is 0 Å². The number of nitro benzene ring substituents is 1. The largest absolute Gasteiger partial charge is 0.316 e. The van der Waals surface area contributed by atoms with Gasteiger partial charge in [0, 0.05) is 17.0 Å². The number of carbonyl (C=O) groups is 1. The number of nitro groups is 1. The lowest BCUT2D eigenvalue weighted by Gasteiger charge is -2.20. The van der Waals surface area contributed by atoms with Crippen LogP contribution < -0.4 is 5.32 Å². The molecule has 0 unspecified atom stereocenters.